The maximum Gasteiger partial charge on any atom is 0.230 e. The van der Waals surface area contributed by atoms with E-state index in [4.69, 9.17) is 11.6 Å². The summed E-state index contributed by atoms with van der Waals surface area (Å²) >= 11 is 8.88. The van der Waals surface area contributed by atoms with Crippen LogP contribution in [0.15, 0.2) is 47.2 Å². The van der Waals surface area contributed by atoms with Crippen LogP contribution < -0.4 is 5.32 Å². The predicted octanol–water partition coefficient (Wildman–Crippen LogP) is 4.71. The van der Waals surface area contributed by atoms with Crippen LogP contribution in [-0.2, 0) is 11.2 Å². The molecule has 1 N–H and O–H groups in total. The van der Waals surface area contributed by atoms with E-state index in [1.807, 2.05) is 35.0 Å². The first-order valence-electron chi connectivity index (χ1n) is 6.24. The van der Waals surface area contributed by atoms with E-state index in [2.05, 4.69) is 10.3 Å². The molecule has 0 fully saturated rings. The van der Waals surface area contributed by atoms with E-state index in [0.29, 0.717) is 16.6 Å². The third-order valence-electron chi connectivity index (χ3n) is 2.80. The van der Waals surface area contributed by atoms with Gasteiger partial charge in [0, 0.05) is 10.4 Å². The predicted molar refractivity (Wildman–Crippen MR) is 89.2 cm³/mol. The van der Waals surface area contributed by atoms with Crippen molar-refractivity contribution in [2.24, 2.45) is 0 Å². The maximum atomic E-state index is 12.0. The van der Waals surface area contributed by atoms with Crippen LogP contribution >= 0.6 is 34.3 Å². The van der Waals surface area contributed by atoms with E-state index in [1.54, 1.807) is 23.5 Å². The molecule has 3 rings (SSSR count). The van der Waals surface area contributed by atoms with Gasteiger partial charge in [-0.25, -0.2) is 4.98 Å². The standard InChI is InChI=1S/C15H11ClN2OS2/c16-11-5-3-10(4-6-11)8-14(19)18-15-17-12(9-21-15)13-2-1-7-20-13/h1-7,9H,8H2,(H,17,18,19). The van der Waals surface area contributed by atoms with E-state index in [0.717, 1.165) is 16.1 Å². The second kappa shape index (κ2) is 6.39. The lowest BCUT2D eigenvalue weighted by Gasteiger charge is -2.02. The number of carbonyl (C=O) groups is 1. The molecule has 106 valence electrons. The molecule has 0 saturated heterocycles. The normalized spacial score (nSPS) is 10.5. The lowest BCUT2D eigenvalue weighted by molar-refractivity contribution is -0.115. The van der Waals surface area contributed by atoms with Gasteiger partial charge in [-0.2, -0.15) is 0 Å². The molecule has 0 spiro atoms. The second-order valence-corrected chi connectivity index (χ2v) is 6.61. The van der Waals surface area contributed by atoms with Crippen LogP contribution in [0, 0.1) is 0 Å². The van der Waals surface area contributed by atoms with Gasteiger partial charge < -0.3 is 5.32 Å². The lowest BCUT2D eigenvalue weighted by atomic mass is 10.1. The van der Waals surface area contributed by atoms with Gasteiger partial charge in [-0.05, 0) is 29.1 Å². The zero-order chi connectivity index (χ0) is 14.7. The molecule has 3 aromatic rings. The summed E-state index contributed by atoms with van der Waals surface area (Å²) in [5.74, 6) is -0.0793. The summed E-state index contributed by atoms with van der Waals surface area (Å²) in [5.41, 5.74) is 1.82. The van der Waals surface area contributed by atoms with Crippen molar-refractivity contribution in [1.82, 2.24) is 4.98 Å². The number of carbonyl (C=O) groups excluding carboxylic acids is 1. The Morgan fingerprint density at radius 1 is 1.19 bits per heavy atom. The number of nitrogens with one attached hydrogen (secondary N) is 1. The van der Waals surface area contributed by atoms with Crippen LogP contribution in [0.25, 0.3) is 10.6 Å². The van der Waals surface area contributed by atoms with Gasteiger partial charge in [-0.3, -0.25) is 4.79 Å². The lowest BCUT2D eigenvalue weighted by Crippen LogP contribution is -2.14. The van der Waals surface area contributed by atoms with Crippen molar-refractivity contribution in [3.8, 4) is 10.6 Å². The molecular formula is C15H11ClN2OS2. The molecule has 0 aliphatic rings. The summed E-state index contributed by atoms with van der Waals surface area (Å²) in [6, 6.07) is 11.3. The molecule has 1 amide bonds. The SMILES string of the molecule is O=C(Cc1ccc(Cl)cc1)Nc1nc(-c2cccs2)cs1. The number of halogens is 1. The van der Waals surface area contributed by atoms with E-state index >= 15 is 0 Å². The summed E-state index contributed by atoms with van der Waals surface area (Å²) in [4.78, 5) is 17.5. The number of rotatable bonds is 4. The van der Waals surface area contributed by atoms with E-state index in [1.165, 1.54) is 11.3 Å². The molecule has 0 aliphatic heterocycles. The summed E-state index contributed by atoms with van der Waals surface area (Å²) in [5, 5.41) is 8.07. The van der Waals surface area contributed by atoms with Gasteiger partial charge in [0.05, 0.1) is 17.0 Å². The molecule has 2 aromatic heterocycles. The number of hydrogen-bond acceptors (Lipinski definition) is 4. The minimum Gasteiger partial charge on any atom is -0.302 e. The number of amides is 1. The van der Waals surface area contributed by atoms with E-state index in [-0.39, 0.29) is 5.91 Å². The molecule has 0 bridgehead atoms. The Morgan fingerprint density at radius 2 is 2.00 bits per heavy atom. The fraction of sp³-hybridized carbons (Fsp3) is 0.0667. The number of anilines is 1. The number of benzene rings is 1. The molecule has 3 nitrogen and oxygen atoms in total. The van der Waals surface area contributed by atoms with Crippen molar-refractivity contribution >= 4 is 45.3 Å². The summed E-state index contributed by atoms with van der Waals surface area (Å²) in [6.07, 6.45) is 0.311. The largest absolute Gasteiger partial charge is 0.302 e. The first-order valence-corrected chi connectivity index (χ1v) is 8.38. The average molecular weight is 335 g/mol. The van der Waals surface area contributed by atoms with Crippen molar-refractivity contribution in [2.75, 3.05) is 5.32 Å². The Hall–Kier alpha value is -1.69. The fourth-order valence-electron chi connectivity index (χ4n) is 1.82. The highest BCUT2D eigenvalue weighted by atomic mass is 35.5. The molecule has 0 aliphatic carbocycles. The summed E-state index contributed by atoms with van der Waals surface area (Å²) < 4.78 is 0. The van der Waals surface area contributed by atoms with Gasteiger partial charge in [-0.1, -0.05) is 29.8 Å². The van der Waals surface area contributed by atoms with Crippen molar-refractivity contribution in [3.63, 3.8) is 0 Å². The smallest absolute Gasteiger partial charge is 0.230 e. The topological polar surface area (TPSA) is 42.0 Å². The van der Waals surface area contributed by atoms with Crippen molar-refractivity contribution in [2.45, 2.75) is 6.42 Å². The van der Waals surface area contributed by atoms with Crippen LogP contribution in [0.2, 0.25) is 5.02 Å². The minimum atomic E-state index is -0.0793. The maximum absolute atomic E-state index is 12.0. The molecule has 21 heavy (non-hydrogen) atoms. The highest BCUT2D eigenvalue weighted by molar-refractivity contribution is 7.16. The monoisotopic (exact) mass is 334 g/mol. The molecule has 2 heterocycles. The molecular weight excluding hydrogens is 324 g/mol. The van der Waals surface area contributed by atoms with Gasteiger partial charge in [0.2, 0.25) is 5.91 Å². The number of nitrogens with zero attached hydrogens (tertiary/aromatic N) is 1. The van der Waals surface area contributed by atoms with E-state index in [9.17, 15) is 4.79 Å². The second-order valence-electron chi connectivity index (χ2n) is 4.37. The number of thiophene rings is 1. The van der Waals surface area contributed by atoms with Gasteiger partial charge in [0.15, 0.2) is 5.13 Å². The van der Waals surface area contributed by atoms with Crippen LogP contribution in [0.5, 0.6) is 0 Å². The van der Waals surface area contributed by atoms with Crippen molar-refractivity contribution in [1.29, 1.82) is 0 Å². The molecule has 0 unspecified atom stereocenters. The first kappa shape index (κ1) is 14.3. The Balaban J connectivity index is 1.64. The first-order chi connectivity index (χ1) is 10.2. The van der Waals surface area contributed by atoms with Gasteiger partial charge in [-0.15, -0.1) is 22.7 Å². The van der Waals surface area contributed by atoms with Crippen LogP contribution in [0.3, 0.4) is 0 Å². The Labute approximate surface area is 135 Å². The van der Waals surface area contributed by atoms with Crippen molar-refractivity contribution in [3.05, 3.63) is 57.7 Å². The Morgan fingerprint density at radius 3 is 2.71 bits per heavy atom. The highest BCUT2D eigenvalue weighted by Crippen LogP contribution is 2.28. The summed E-state index contributed by atoms with van der Waals surface area (Å²) in [6.45, 7) is 0. The third kappa shape index (κ3) is 3.69. The van der Waals surface area contributed by atoms with Gasteiger partial charge in [0.25, 0.3) is 0 Å². The Kier molecular flexibility index (Phi) is 4.34. The average Bonchev–Trinajstić information content (AvgIpc) is 3.12. The van der Waals surface area contributed by atoms with Crippen LogP contribution in [-0.4, -0.2) is 10.9 Å². The van der Waals surface area contributed by atoms with E-state index < -0.39 is 0 Å². The molecule has 0 saturated carbocycles. The zero-order valence-electron chi connectivity index (χ0n) is 10.9. The number of aromatic nitrogens is 1. The number of hydrogen-bond donors (Lipinski definition) is 1. The van der Waals surface area contributed by atoms with Crippen LogP contribution in [0.1, 0.15) is 5.56 Å². The van der Waals surface area contributed by atoms with Gasteiger partial charge >= 0.3 is 0 Å². The molecule has 6 heteroatoms. The fourth-order valence-corrected chi connectivity index (χ4v) is 3.43. The van der Waals surface area contributed by atoms with Gasteiger partial charge in [0.1, 0.15) is 0 Å². The number of thiazole rings is 1. The Bertz CT molecular complexity index is 735. The van der Waals surface area contributed by atoms with Crippen LogP contribution in [0.4, 0.5) is 5.13 Å². The summed E-state index contributed by atoms with van der Waals surface area (Å²) in [7, 11) is 0. The molecule has 1 aromatic carbocycles. The highest BCUT2D eigenvalue weighted by Gasteiger charge is 2.09. The zero-order valence-corrected chi connectivity index (χ0v) is 13.3. The quantitative estimate of drug-likeness (QED) is 0.751. The molecule has 0 radical (unpaired) electrons. The molecule has 0 atom stereocenters. The third-order valence-corrected chi connectivity index (χ3v) is 4.70. The minimum absolute atomic E-state index is 0.0793. The van der Waals surface area contributed by atoms with Crippen molar-refractivity contribution < 1.29 is 4.79 Å².